The van der Waals surface area contributed by atoms with Crippen molar-refractivity contribution in [1.82, 2.24) is 0 Å². The van der Waals surface area contributed by atoms with E-state index in [0.717, 1.165) is 10.7 Å². The van der Waals surface area contributed by atoms with Crippen LogP contribution in [0.5, 0.6) is 0 Å². The molecule has 0 amide bonds. The summed E-state index contributed by atoms with van der Waals surface area (Å²) in [7, 11) is 0. The summed E-state index contributed by atoms with van der Waals surface area (Å²) in [4.78, 5) is 0.830. The zero-order valence-electron chi connectivity index (χ0n) is 6.07. The fraction of sp³-hybridized carbons (Fsp3) is 1.00. The molecule has 0 aromatic heterocycles. The van der Waals surface area contributed by atoms with Gasteiger partial charge in [0.2, 0.25) is 0 Å². The van der Waals surface area contributed by atoms with E-state index in [4.69, 9.17) is 0 Å². The molecule has 1 saturated carbocycles. The third-order valence-electron chi connectivity index (χ3n) is 2.30. The quantitative estimate of drug-likeness (QED) is 0.557. The summed E-state index contributed by atoms with van der Waals surface area (Å²) >= 11 is 3.67. The van der Waals surface area contributed by atoms with Crippen molar-refractivity contribution in [3.8, 4) is 0 Å². The number of hydrogen-bond acceptors (Lipinski definition) is 0. The maximum Gasteiger partial charge on any atom is 0.0148 e. The van der Waals surface area contributed by atoms with Crippen molar-refractivity contribution < 1.29 is 0 Å². The molecule has 0 radical (unpaired) electrons. The highest BCUT2D eigenvalue weighted by Gasteiger charge is 2.17. The van der Waals surface area contributed by atoms with Crippen molar-refractivity contribution in [1.29, 1.82) is 0 Å². The van der Waals surface area contributed by atoms with Gasteiger partial charge in [-0.2, -0.15) is 0 Å². The van der Waals surface area contributed by atoms with Gasteiger partial charge in [-0.15, -0.1) is 0 Å². The first-order valence-electron chi connectivity index (χ1n) is 3.97. The Kier molecular flexibility index (Phi) is 3.03. The summed E-state index contributed by atoms with van der Waals surface area (Å²) < 4.78 is 0. The molecule has 1 rings (SSSR count). The van der Waals surface area contributed by atoms with Crippen LogP contribution in [0.3, 0.4) is 0 Å². The van der Waals surface area contributed by atoms with Crippen LogP contribution in [-0.2, 0) is 0 Å². The molecule has 54 valence electrons. The van der Waals surface area contributed by atoms with E-state index in [-0.39, 0.29) is 0 Å². The Balaban J connectivity index is 2.23. The summed E-state index contributed by atoms with van der Waals surface area (Å²) in [5.74, 6) is 1.02. The topological polar surface area (TPSA) is 0 Å². The number of halogens is 1. The Morgan fingerprint density at radius 3 is 2.67 bits per heavy atom. The molecule has 0 aromatic rings. The SMILES string of the molecule is CCC1CCCC(Br)C1. The van der Waals surface area contributed by atoms with Crippen molar-refractivity contribution in [2.24, 2.45) is 5.92 Å². The predicted octanol–water partition coefficient (Wildman–Crippen LogP) is 3.35. The van der Waals surface area contributed by atoms with Crippen molar-refractivity contribution in [2.45, 2.75) is 43.9 Å². The van der Waals surface area contributed by atoms with Crippen molar-refractivity contribution in [2.75, 3.05) is 0 Å². The van der Waals surface area contributed by atoms with Gasteiger partial charge >= 0.3 is 0 Å². The van der Waals surface area contributed by atoms with Gasteiger partial charge in [-0.05, 0) is 18.8 Å². The first kappa shape index (κ1) is 7.59. The van der Waals surface area contributed by atoms with E-state index < -0.39 is 0 Å². The van der Waals surface area contributed by atoms with Crippen LogP contribution in [-0.4, -0.2) is 4.83 Å². The van der Waals surface area contributed by atoms with Gasteiger partial charge in [0.1, 0.15) is 0 Å². The molecule has 0 spiro atoms. The van der Waals surface area contributed by atoms with Crippen LogP contribution in [0.2, 0.25) is 0 Å². The Morgan fingerprint density at radius 1 is 1.44 bits per heavy atom. The molecule has 1 heteroatoms. The maximum absolute atomic E-state index is 3.67. The first-order chi connectivity index (χ1) is 4.33. The van der Waals surface area contributed by atoms with E-state index in [2.05, 4.69) is 22.9 Å². The van der Waals surface area contributed by atoms with Crippen LogP contribution < -0.4 is 0 Å². The number of hydrogen-bond donors (Lipinski definition) is 0. The minimum absolute atomic E-state index is 0.830. The molecule has 1 fully saturated rings. The van der Waals surface area contributed by atoms with E-state index in [9.17, 15) is 0 Å². The van der Waals surface area contributed by atoms with Crippen molar-refractivity contribution in [3.05, 3.63) is 0 Å². The average Bonchev–Trinajstić information content (AvgIpc) is 1.88. The van der Waals surface area contributed by atoms with Crippen LogP contribution in [0.15, 0.2) is 0 Å². The highest BCUT2D eigenvalue weighted by molar-refractivity contribution is 9.09. The summed E-state index contributed by atoms with van der Waals surface area (Å²) in [6, 6.07) is 0. The van der Waals surface area contributed by atoms with Crippen molar-refractivity contribution in [3.63, 3.8) is 0 Å². The number of alkyl halides is 1. The Labute approximate surface area is 66.2 Å². The normalized spacial score (nSPS) is 36.7. The highest BCUT2D eigenvalue weighted by Crippen LogP contribution is 2.30. The van der Waals surface area contributed by atoms with Crippen LogP contribution >= 0.6 is 15.9 Å². The van der Waals surface area contributed by atoms with E-state index in [0.29, 0.717) is 0 Å². The zero-order chi connectivity index (χ0) is 6.69. The molecule has 1 aliphatic carbocycles. The molecule has 0 saturated heterocycles. The zero-order valence-corrected chi connectivity index (χ0v) is 7.65. The van der Waals surface area contributed by atoms with Gasteiger partial charge in [0.05, 0.1) is 0 Å². The van der Waals surface area contributed by atoms with Crippen LogP contribution in [0, 0.1) is 5.92 Å². The fourth-order valence-electron chi connectivity index (χ4n) is 1.60. The molecule has 0 N–H and O–H groups in total. The average molecular weight is 191 g/mol. The van der Waals surface area contributed by atoms with Crippen LogP contribution in [0.1, 0.15) is 39.0 Å². The third-order valence-corrected chi connectivity index (χ3v) is 3.13. The van der Waals surface area contributed by atoms with Gasteiger partial charge < -0.3 is 0 Å². The third kappa shape index (κ3) is 2.29. The lowest BCUT2D eigenvalue weighted by Gasteiger charge is -2.23. The largest absolute Gasteiger partial charge is 0.0891 e. The molecule has 0 aromatic carbocycles. The fourth-order valence-corrected chi connectivity index (χ4v) is 2.45. The summed E-state index contributed by atoms with van der Waals surface area (Å²) in [6.45, 7) is 2.30. The second-order valence-electron chi connectivity index (χ2n) is 3.04. The monoisotopic (exact) mass is 190 g/mol. The molecular weight excluding hydrogens is 176 g/mol. The summed E-state index contributed by atoms with van der Waals surface area (Å²) in [5.41, 5.74) is 0. The van der Waals surface area contributed by atoms with Crippen LogP contribution in [0.25, 0.3) is 0 Å². The summed E-state index contributed by atoms with van der Waals surface area (Å²) in [5, 5.41) is 0. The first-order valence-corrected chi connectivity index (χ1v) is 4.88. The second-order valence-corrected chi connectivity index (χ2v) is 4.33. The van der Waals surface area contributed by atoms with E-state index in [1.54, 1.807) is 0 Å². The Hall–Kier alpha value is 0.480. The van der Waals surface area contributed by atoms with E-state index in [1.165, 1.54) is 32.1 Å². The van der Waals surface area contributed by atoms with Gasteiger partial charge in [0.15, 0.2) is 0 Å². The van der Waals surface area contributed by atoms with Gasteiger partial charge in [-0.25, -0.2) is 0 Å². The molecule has 9 heavy (non-hydrogen) atoms. The smallest absolute Gasteiger partial charge is 0.0148 e. The van der Waals surface area contributed by atoms with Gasteiger partial charge in [0.25, 0.3) is 0 Å². The molecule has 0 nitrogen and oxygen atoms in total. The second kappa shape index (κ2) is 3.60. The lowest BCUT2D eigenvalue weighted by molar-refractivity contribution is 0.360. The standard InChI is InChI=1S/C8H15Br/c1-2-7-4-3-5-8(9)6-7/h7-8H,2-6H2,1H3. The molecule has 1 aliphatic rings. The predicted molar refractivity (Wildman–Crippen MR) is 45.0 cm³/mol. The lowest BCUT2D eigenvalue weighted by Crippen LogP contribution is -2.13. The molecule has 0 aliphatic heterocycles. The lowest BCUT2D eigenvalue weighted by atomic mass is 9.87. The molecule has 2 atom stereocenters. The molecule has 0 bridgehead atoms. The van der Waals surface area contributed by atoms with E-state index in [1.807, 2.05) is 0 Å². The Bertz CT molecular complexity index is 80.6. The van der Waals surface area contributed by atoms with Gasteiger partial charge in [-0.3, -0.25) is 0 Å². The van der Waals surface area contributed by atoms with Gasteiger partial charge in [-0.1, -0.05) is 42.1 Å². The number of rotatable bonds is 1. The highest BCUT2D eigenvalue weighted by atomic mass is 79.9. The molecular formula is C8H15Br. The molecule has 0 heterocycles. The van der Waals surface area contributed by atoms with E-state index >= 15 is 0 Å². The van der Waals surface area contributed by atoms with Crippen molar-refractivity contribution >= 4 is 15.9 Å². The summed E-state index contributed by atoms with van der Waals surface area (Å²) in [6.07, 6.45) is 7.10. The minimum atomic E-state index is 0.830. The maximum atomic E-state index is 3.67. The van der Waals surface area contributed by atoms with Gasteiger partial charge in [0, 0.05) is 4.83 Å². The molecule has 2 unspecified atom stereocenters. The van der Waals surface area contributed by atoms with Crippen LogP contribution in [0.4, 0.5) is 0 Å². The Morgan fingerprint density at radius 2 is 2.22 bits per heavy atom. The minimum Gasteiger partial charge on any atom is -0.0891 e.